The predicted molar refractivity (Wildman–Crippen MR) is 123 cm³/mol. The molecule has 4 nitrogen and oxygen atoms in total. The molecule has 29 heavy (non-hydrogen) atoms. The summed E-state index contributed by atoms with van der Waals surface area (Å²) in [6.07, 6.45) is 5.60. The molecule has 0 unspecified atom stereocenters. The fourth-order valence-corrected chi connectivity index (χ4v) is 3.20. The Labute approximate surface area is 181 Å². The van der Waals surface area contributed by atoms with Crippen LogP contribution in [0.25, 0.3) is 22.4 Å². The SMILES string of the molecule is NCCCC=C(N)NCc1cnc(-c2ccc(Cl)cc2)c(-c2ccc(Cl)cc2)c1. The summed E-state index contributed by atoms with van der Waals surface area (Å²) in [6, 6.07) is 17.6. The molecule has 0 radical (unpaired) electrons. The Balaban J connectivity index is 1.90. The second kappa shape index (κ2) is 10.3. The maximum absolute atomic E-state index is 6.07. The van der Waals surface area contributed by atoms with Gasteiger partial charge in [-0.05, 0) is 66.9 Å². The highest BCUT2D eigenvalue weighted by molar-refractivity contribution is 6.31. The van der Waals surface area contributed by atoms with Gasteiger partial charge < -0.3 is 16.8 Å². The van der Waals surface area contributed by atoms with E-state index >= 15 is 0 Å². The predicted octanol–water partition coefficient (Wildman–Crippen LogP) is 5.35. The van der Waals surface area contributed by atoms with Gasteiger partial charge in [0.1, 0.15) is 0 Å². The molecule has 0 fully saturated rings. The maximum Gasteiger partial charge on any atom is 0.0921 e. The van der Waals surface area contributed by atoms with E-state index in [0.717, 1.165) is 40.8 Å². The molecule has 3 rings (SSSR count). The van der Waals surface area contributed by atoms with Gasteiger partial charge in [-0.3, -0.25) is 4.98 Å². The van der Waals surface area contributed by atoms with Crippen LogP contribution in [0.3, 0.4) is 0 Å². The van der Waals surface area contributed by atoms with Crippen LogP contribution in [0.2, 0.25) is 10.0 Å². The summed E-state index contributed by atoms with van der Waals surface area (Å²) >= 11 is 12.1. The molecule has 0 aliphatic rings. The van der Waals surface area contributed by atoms with E-state index in [1.54, 1.807) is 0 Å². The first-order chi connectivity index (χ1) is 14.1. The second-order valence-electron chi connectivity index (χ2n) is 6.70. The molecular formula is C23H24Cl2N4. The minimum absolute atomic E-state index is 0.583. The largest absolute Gasteiger partial charge is 0.386 e. The fraction of sp³-hybridized carbons (Fsp3) is 0.174. The molecule has 0 aliphatic heterocycles. The zero-order chi connectivity index (χ0) is 20.6. The lowest BCUT2D eigenvalue weighted by atomic mass is 9.98. The molecule has 0 saturated carbocycles. The molecule has 0 atom stereocenters. The summed E-state index contributed by atoms with van der Waals surface area (Å²) in [4.78, 5) is 4.74. The molecular weight excluding hydrogens is 403 g/mol. The molecule has 0 bridgehead atoms. The summed E-state index contributed by atoms with van der Waals surface area (Å²) in [7, 11) is 0. The quantitative estimate of drug-likeness (QED) is 0.424. The average molecular weight is 427 g/mol. The van der Waals surface area contributed by atoms with Crippen molar-refractivity contribution in [3.8, 4) is 22.4 Å². The number of pyridine rings is 1. The van der Waals surface area contributed by atoms with Crippen LogP contribution < -0.4 is 16.8 Å². The molecule has 1 aromatic heterocycles. The van der Waals surface area contributed by atoms with Crippen molar-refractivity contribution in [1.29, 1.82) is 0 Å². The number of aromatic nitrogens is 1. The molecule has 150 valence electrons. The lowest BCUT2D eigenvalue weighted by Crippen LogP contribution is -2.19. The average Bonchev–Trinajstić information content (AvgIpc) is 2.73. The zero-order valence-corrected chi connectivity index (χ0v) is 17.5. The minimum atomic E-state index is 0.583. The first-order valence-corrected chi connectivity index (χ1v) is 10.2. The topological polar surface area (TPSA) is 77.0 Å². The van der Waals surface area contributed by atoms with Crippen molar-refractivity contribution >= 4 is 23.2 Å². The third kappa shape index (κ3) is 5.97. The number of hydrogen-bond donors (Lipinski definition) is 3. The third-order valence-electron chi connectivity index (χ3n) is 4.49. The molecule has 1 heterocycles. The molecule has 0 aliphatic carbocycles. The van der Waals surface area contributed by atoms with Gasteiger partial charge in [-0.25, -0.2) is 0 Å². The van der Waals surface area contributed by atoms with Crippen LogP contribution >= 0.6 is 23.2 Å². The minimum Gasteiger partial charge on any atom is -0.386 e. The number of rotatable bonds is 8. The van der Waals surface area contributed by atoms with Crippen LogP contribution in [0.1, 0.15) is 18.4 Å². The van der Waals surface area contributed by atoms with E-state index in [1.165, 1.54) is 0 Å². The lowest BCUT2D eigenvalue weighted by molar-refractivity contribution is 0.773. The normalized spacial score (nSPS) is 11.5. The van der Waals surface area contributed by atoms with Gasteiger partial charge in [0, 0.05) is 33.9 Å². The number of nitrogens with zero attached hydrogens (tertiary/aromatic N) is 1. The van der Waals surface area contributed by atoms with Gasteiger partial charge in [-0.15, -0.1) is 0 Å². The monoisotopic (exact) mass is 426 g/mol. The molecule has 6 heteroatoms. The summed E-state index contributed by atoms with van der Waals surface area (Å²) in [5, 5.41) is 4.62. The maximum atomic E-state index is 6.07. The highest BCUT2D eigenvalue weighted by Crippen LogP contribution is 2.32. The molecule has 0 amide bonds. The number of nitrogens with one attached hydrogen (secondary N) is 1. The van der Waals surface area contributed by atoms with Crippen molar-refractivity contribution in [3.63, 3.8) is 0 Å². The number of hydrogen-bond acceptors (Lipinski definition) is 4. The van der Waals surface area contributed by atoms with Crippen molar-refractivity contribution in [2.24, 2.45) is 11.5 Å². The number of halogens is 2. The van der Waals surface area contributed by atoms with Crippen molar-refractivity contribution in [1.82, 2.24) is 10.3 Å². The van der Waals surface area contributed by atoms with E-state index in [4.69, 9.17) is 39.7 Å². The molecule has 5 N–H and O–H groups in total. The number of unbranched alkanes of at least 4 members (excludes halogenated alkanes) is 1. The Kier molecular flexibility index (Phi) is 7.53. The second-order valence-corrected chi connectivity index (χ2v) is 7.57. The van der Waals surface area contributed by atoms with E-state index in [-0.39, 0.29) is 0 Å². The number of allylic oxidation sites excluding steroid dienone is 1. The van der Waals surface area contributed by atoms with Gasteiger partial charge in [0.2, 0.25) is 0 Å². The van der Waals surface area contributed by atoms with Crippen molar-refractivity contribution in [3.05, 3.63) is 88.3 Å². The Morgan fingerprint density at radius 3 is 2.21 bits per heavy atom. The van der Waals surface area contributed by atoms with Gasteiger partial charge in [0.15, 0.2) is 0 Å². The molecule has 0 saturated heterocycles. The summed E-state index contributed by atoms with van der Waals surface area (Å²) < 4.78 is 0. The van der Waals surface area contributed by atoms with E-state index < -0.39 is 0 Å². The van der Waals surface area contributed by atoms with Crippen LogP contribution in [-0.2, 0) is 6.54 Å². The third-order valence-corrected chi connectivity index (χ3v) is 4.99. The molecule has 0 spiro atoms. The van der Waals surface area contributed by atoms with Crippen molar-refractivity contribution in [2.45, 2.75) is 19.4 Å². The van der Waals surface area contributed by atoms with Gasteiger partial charge in [-0.2, -0.15) is 0 Å². The molecule has 2 aromatic carbocycles. The van der Waals surface area contributed by atoms with E-state index in [0.29, 0.717) is 29.0 Å². The highest BCUT2D eigenvalue weighted by atomic mass is 35.5. The Morgan fingerprint density at radius 2 is 1.59 bits per heavy atom. The highest BCUT2D eigenvalue weighted by Gasteiger charge is 2.11. The lowest BCUT2D eigenvalue weighted by Gasteiger charge is -2.13. The first kappa shape index (κ1) is 21.2. The van der Waals surface area contributed by atoms with Gasteiger partial charge in [0.25, 0.3) is 0 Å². The van der Waals surface area contributed by atoms with E-state index in [2.05, 4.69) is 11.4 Å². The number of nitrogens with two attached hydrogens (primary N) is 2. The fourth-order valence-electron chi connectivity index (χ4n) is 2.94. The van der Waals surface area contributed by atoms with Crippen LogP contribution in [-0.4, -0.2) is 11.5 Å². The van der Waals surface area contributed by atoms with Crippen LogP contribution in [0.5, 0.6) is 0 Å². The zero-order valence-electron chi connectivity index (χ0n) is 16.0. The smallest absolute Gasteiger partial charge is 0.0921 e. The summed E-state index contributed by atoms with van der Waals surface area (Å²) in [5.41, 5.74) is 16.5. The van der Waals surface area contributed by atoms with Crippen LogP contribution in [0.4, 0.5) is 0 Å². The van der Waals surface area contributed by atoms with Gasteiger partial charge in [0.05, 0.1) is 11.5 Å². The summed E-state index contributed by atoms with van der Waals surface area (Å²) in [6.45, 7) is 1.24. The van der Waals surface area contributed by atoms with Crippen LogP contribution in [0, 0.1) is 0 Å². The Hall–Kier alpha value is -2.53. The Bertz CT molecular complexity index is 967. The van der Waals surface area contributed by atoms with Crippen LogP contribution in [0.15, 0.2) is 72.7 Å². The standard InChI is InChI=1S/C23H24Cl2N4/c24-19-8-4-17(5-9-19)21-13-16(14-28-22(27)3-1-2-12-26)15-29-23(21)18-6-10-20(25)11-7-18/h3-11,13,15,28H,1-2,12,14,26-27H2. The van der Waals surface area contributed by atoms with Crippen molar-refractivity contribution < 1.29 is 0 Å². The summed E-state index contributed by atoms with van der Waals surface area (Å²) in [5.74, 6) is 0.647. The Morgan fingerprint density at radius 1 is 0.966 bits per heavy atom. The molecule has 3 aromatic rings. The number of benzene rings is 2. The van der Waals surface area contributed by atoms with Crippen molar-refractivity contribution in [2.75, 3.05) is 6.54 Å². The van der Waals surface area contributed by atoms with E-state index in [1.807, 2.05) is 60.8 Å². The van der Waals surface area contributed by atoms with E-state index in [9.17, 15) is 0 Å². The first-order valence-electron chi connectivity index (χ1n) is 9.47. The van der Waals surface area contributed by atoms with Gasteiger partial charge in [-0.1, -0.05) is 47.5 Å². The van der Waals surface area contributed by atoms with Gasteiger partial charge >= 0.3 is 0 Å².